The molecule has 0 saturated carbocycles. The van der Waals surface area contributed by atoms with Crippen molar-refractivity contribution in [1.82, 2.24) is 9.27 Å². The third-order valence-corrected chi connectivity index (χ3v) is 3.87. The molecule has 0 aliphatic rings. The average Bonchev–Trinajstić information content (AvgIpc) is 2.71. The number of nitrogens with one attached hydrogen (secondary N) is 1. The number of nitrogens with zero attached hydrogens (tertiary/aromatic N) is 2. The summed E-state index contributed by atoms with van der Waals surface area (Å²) >= 11 is 1.36. The topological polar surface area (TPSA) is 63.4 Å². The molecule has 1 aromatic rings. The minimum Gasteiger partial charge on any atom is -0.487 e. The van der Waals surface area contributed by atoms with E-state index in [0.717, 1.165) is 24.5 Å². The van der Waals surface area contributed by atoms with E-state index >= 15 is 0 Å². The largest absolute Gasteiger partial charge is 0.487 e. The van der Waals surface area contributed by atoms with E-state index in [1.165, 1.54) is 18.0 Å². The minimum absolute atomic E-state index is 0.480. The van der Waals surface area contributed by atoms with Gasteiger partial charge in [0.05, 0.1) is 6.61 Å². The Labute approximate surface area is 120 Å². The summed E-state index contributed by atoms with van der Waals surface area (Å²) in [6, 6.07) is 0.610. The first-order chi connectivity index (χ1) is 9.06. The van der Waals surface area contributed by atoms with Crippen LogP contribution >= 0.6 is 11.5 Å². The summed E-state index contributed by atoms with van der Waals surface area (Å²) in [5.74, 6) is 1.18. The van der Waals surface area contributed by atoms with Crippen molar-refractivity contribution in [3.8, 4) is 5.75 Å². The van der Waals surface area contributed by atoms with E-state index in [4.69, 9.17) is 10.5 Å². The maximum absolute atomic E-state index is 5.76. The molecule has 1 heterocycles. The van der Waals surface area contributed by atoms with Crippen LogP contribution in [0.2, 0.25) is 0 Å². The van der Waals surface area contributed by atoms with Gasteiger partial charge in [0.2, 0.25) is 0 Å². The van der Waals surface area contributed by atoms with Crippen LogP contribution in [0.4, 0.5) is 10.8 Å². The van der Waals surface area contributed by atoms with Crippen LogP contribution in [-0.2, 0) is 0 Å². The monoisotopic (exact) mass is 286 g/mol. The quantitative estimate of drug-likeness (QED) is 0.683. The van der Waals surface area contributed by atoms with Gasteiger partial charge in [-0.1, -0.05) is 0 Å². The second-order valence-electron chi connectivity index (χ2n) is 4.87. The van der Waals surface area contributed by atoms with Crippen LogP contribution in [-0.4, -0.2) is 42.1 Å². The fourth-order valence-corrected chi connectivity index (χ4v) is 2.32. The fraction of sp³-hybridized carbons (Fsp3) is 0.769. The molecule has 0 atom stereocenters. The molecule has 1 aromatic heterocycles. The molecule has 6 heteroatoms. The standard InChI is InChI=1S/C13H26N4OS/c1-5-18-11-12(14)16-19-13(11)15-8-6-7-9-17(4)10(2)3/h10,15H,5-9H2,1-4H3,(H2,14,16). The smallest absolute Gasteiger partial charge is 0.197 e. The zero-order chi connectivity index (χ0) is 14.3. The minimum atomic E-state index is 0.480. The van der Waals surface area contributed by atoms with Crippen LogP contribution in [0.1, 0.15) is 33.6 Å². The van der Waals surface area contributed by atoms with Gasteiger partial charge < -0.3 is 20.7 Å². The van der Waals surface area contributed by atoms with Crippen LogP contribution in [0.3, 0.4) is 0 Å². The molecule has 0 bridgehead atoms. The Morgan fingerprint density at radius 2 is 2.16 bits per heavy atom. The zero-order valence-corrected chi connectivity index (χ0v) is 13.2. The van der Waals surface area contributed by atoms with Gasteiger partial charge in [0, 0.05) is 12.6 Å². The molecule has 0 aliphatic heterocycles. The average molecular weight is 286 g/mol. The lowest BCUT2D eigenvalue weighted by molar-refractivity contribution is 0.269. The highest BCUT2D eigenvalue weighted by Gasteiger charge is 2.11. The Bertz CT molecular complexity index is 368. The summed E-state index contributed by atoms with van der Waals surface area (Å²) in [7, 11) is 2.16. The highest BCUT2D eigenvalue weighted by molar-refractivity contribution is 7.11. The van der Waals surface area contributed by atoms with Crippen molar-refractivity contribution in [2.24, 2.45) is 0 Å². The van der Waals surface area contributed by atoms with Gasteiger partial charge in [-0.3, -0.25) is 0 Å². The number of rotatable bonds is 9. The number of unbranched alkanes of at least 4 members (excludes halogenated alkanes) is 1. The molecule has 0 fully saturated rings. The predicted octanol–water partition coefficient (Wildman–Crippen LogP) is 2.66. The second-order valence-corrected chi connectivity index (χ2v) is 5.64. The van der Waals surface area contributed by atoms with Crippen molar-refractivity contribution in [2.75, 3.05) is 37.8 Å². The van der Waals surface area contributed by atoms with Crippen LogP contribution < -0.4 is 15.8 Å². The van der Waals surface area contributed by atoms with Gasteiger partial charge in [-0.2, -0.15) is 4.37 Å². The second kappa shape index (κ2) is 8.22. The highest BCUT2D eigenvalue weighted by Crippen LogP contribution is 2.34. The summed E-state index contributed by atoms with van der Waals surface area (Å²) in [5, 5.41) is 4.30. The van der Waals surface area contributed by atoms with Gasteiger partial charge >= 0.3 is 0 Å². The molecule has 0 aromatic carbocycles. The molecule has 1 rings (SSSR count). The summed E-state index contributed by atoms with van der Waals surface area (Å²) in [6.45, 7) is 9.04. The molecule has 110 valence electrons. The Morgan fingerprint density at radius 3 is 2.79 bits per heavy atom. The number of anilines is 2. The third kappa shape index (κ3) is 5.24. The van der Waals surface area contributed by atoms with Gasteiger partial charge in [-0.25, -0.2) is 0 Å². The van der Waals surface area contributed by atoms with E-state index in [0.29, 0.717) is 24.2 Å². The van der Waals surface area contributed by atoms with Gasteiger partial charge in [0.25, 0.3) is 0 Å². The van der Waals surface area contributed by atoms with Gasteiger partial charge in [0.15, 0.2) is 16.6 Å². The zero-order valence-electron chi connectivity index (χ0n) is 12.4. The van der Waals surface area contributed by atoms with E-state index in [9.17, 15) is 0 Å². The molecule has 0 radical (unpaired) electrons. The first-order valence-electron chi connectivity index (χ1n) is 6.88. The van der Waals surface area contributed by atoms with Gasteiger partial charge in [-0.15, -0.1) is 0 Å². The van der Waals surface area contributed by atoms with Gasteiger partial charge in [0.1, 0.15) is 0 Å². The molecule has 0 amide bonds. The van der Waals surface area contributed by atoms with Crippen LogP contribution in [0.5, 0.6) is 5.75 Å². The lowest BCUT2D eigenvalue weighted by Crippen LogP contribution is -2.27. The van der Waals surface area contributed by atoms with E-state index in [2.05, 4.69) is 35.5 Å². The summed E-state index contributed by atoms with van der Waals surface area (Å²) in [6.07, 6.45) is 2.31. The van der Waals surface area contributed by atoms with E-state index in [1.54, 1.807) is 0 Å². The van der Waals surface area contributed by atoms with Gasteiger partial charge in [-0.05, 0) is 58.7 Å². The lowest BCUT2D eigenvalue weighted by atomic mass is 10.2. The first kappa shape index (κ1) is 16.0. The number of hydrogen-bond acceptors (Lipinski definition) is 6. The molecular weight excluding hydrogens is 260 g/mol. The molecular formula is C13H26N4OS. The van der Waals surface area contributed by atoms with Crippen LogP contribution in [0, 0.1) is 0 Å². The van der Waals surface area contributed by atoms with Crippen molar-refractivity contribution in [1.29, 1.82) is 0 Å². The van der Waals surface area contributed by atoms with E-state index in [-0.39, 0.29) is 0 Å². The van der Waals surface area contributed by atoms with Crippen molar-refractivity contribution in [3.63, 3.8) is 0 Å². The Kier molecular flexibility index (Phi) is 6.94. The van der Waals surface area contributed by atoms with Crippen LogP contribution in [0.15, 0.2) is 0 Å². The summed E-state index contributed by atoms with van der Waals surface area (Å²) in [5.41, 5.74) is 5.76. The molecule has 0 spiro atoms. The maximum Gasteiger partial charge on any atom is 0.197 e. The normalized spacial score (nSPS) is 11.3. The molecule has 0 aliphatic carbocycles. The number of hydrogen-bond donors (Lipinski definition) is 2. The SMILES string of the molecule is CCOc1c(N)nsc1NCCCCN(C)C(C)C. The highest BCUT2D eigenvalue weighted by atomic mass is 32.1. The summed E-state index contributed by atoms with van der Waals surface area (Å²) in [4.78, 5) is 2.36. The van der Waals surface area contributed by atoms with Crippen molar-refractivity contribution >= 4 is 22.4 Å². The van der Waals surface area contributed by atoms with Crippen molar-refractivity contribution in [2.45, 2.75) is 39.7 Å². The lowest BCUT2D eigenvalue weighted by Gasteiger charge is -2.20. The van der Waals surface area contributed by atoms with E-state index in [1.807, 2.05) is 6.92 Å². The number of ether oxygens (including phenoxy) is 1. The first-order valence-corrected chi connectivity index (χ1v) is 7.65. The fourth-order valence-electron chi connectivity index (χ4n) is 1.64. The van der Waals surface area contributed by atoms with E-state index < -0.39 is 0 Å². The molecule has 0 saturated heterocycles. The number of nitrogen functional groups attached to an aromatic ring is 1. The third-order valence-electron chi connectivity index (χ3n) is 3.07. The molecule has 3 N–H and O–H groups in total. The molecule has 5 nitrogen and oxygen atoms in total. The maximum atomic E-state index is 5.76. The summed E-state index contributed by atoms with van der Waals surface area (Å²) < 4.78 is 9.60. The Balaban J connectivity index is 2.26. The van der Waals surface area contributed by atoms with Crippen molar-refractivity contribution < 1.29 is 4.74 Å². The Hall–Kier alpha value is -1.01. The molecule has 0 unspecified atom stereocenters. The van der Waals surface area contributed by atoms with Crippen molar-refractivity contribution in [3.05, 3.63) is 0 Å². The number of nitrogens with two attached hydrogens (primary N) is 1. The number of aromatic nitrogens is 1. The Morgan fingerprint density at radius 1 is 1.42 bits per heavy atom. The predicted molar refractivity (Wildman–Crippen MR) is 83.2 cm³/mol. The molecule has 19 heavy (non-hydrogen) atoms. The van der Waals surface area contributed by atoms with Crippen LogP contribution in [0.25, 0.3) is 0 Å².